The minimum absolute atomic E-state index is 0.146. The van der Waals surface area contributed by atoms with Gasteiger partial charge in [0.15, 0.2) is 0 Å². The summed E-state index contributed by atoms with van der Waals surface area (Å²) in [5.74, 6) is -0.415. The summed E-state index contributed by atoms with van der Waals surface area (Å²) in [4.78, 5) is 25.1. The average Bonchev–Trinajstić information content (AvgIpc) is 2.92. The molecule has 2 unspecified atom stereocenters. The smallest absolute Gasteiger partial charge is 0.317 e. The molecule has 0 spiro atoms. The van der Waals surface area contributed by atoms with Crippen LogP contribution >= 0.6 is 0 Å². The number of carbonyl (C=O) groups is 2. The van der Waals surface area contributed by atoms with Crippen molar-refractivity contribution in [1.29, 1.82) is 0 Å². The number of nitrogens with one attached hydrogen (secondary N) is 1. The molecule has 0 aliphatic carbocycles. The van der Waals surface area contributed by atoms with Crippen LogP contribution < -0.4 is 5.32 Å². The van der Waals surface area contributed by atoms with Gasteiger partial charge in [0.25, 0.3) is 0 Å². The number of rotatable bonds is 4. The van der Waals surface area contributed by atoms with E-state index in [1.54, 1.807) is 4.90 Å². The van der Waals surface area contributed by atoms with Crippen molar-refractivity contribution in [1.82, 2.24) is 10.2 Å². The Morgan fingerprint density at radius 1 is 1.50 bits per heavy atom. The number of urea groups is 1. The third-order valence-corrected chi connectivity index (χ3v) is 4.57. The van der Waals surface area contributed by atoms with Crippen LogP contribution in [-0.4, -0.2) is 54.9 Å². The van der Waals surface area contributed by atoms with E-state index >= 15 is 0 Å². The Labute approximate surface area is 119 Å². The van der Waals surface area contributed by atoms with Crippen LogP contribution in [0.3, 0.4) is 0 Å². The van der Waals surface area contributed by atoms with E-state index in [0.717, 1.165) is 19.4 Å². The molecule has 2 N–H and O–H groups in total. The predicted octanol–water partition coefficient (Wildman–Crippen LogP) is 1.31. The topological polar surface area (TPSA) is 78.9 Å². The zero-order valence-corrected chi connectivity index (χ0v) is 12.1. The van der Waals surface area contributed by atoms with E-state index in [1.165, 1.54) is 0 Å². The van der Waals surface area contributed by atoms with E-state index in [2.05, 4.69) is 5.32 Å². The lowest BCUT2D eigenvalue weighted by Gasteiger charge is -2.25. The summed E-state index contributed by atoms with van der Waals surface area (Å²) in [5, 5.41) is 12.2. The van der Waals surface area contributed by atoms with Gasteiger partial charge in [0.1, 0.15) is 0 Å². The van der Waals surface area contributed by atoms with Crippen molar-refractivity contribution < 1.29 is 19.4 Å². The number of ether oxygens (including phenoxy) is 1. The molecule has 2 rings (SSSR count). The van der Waals surface area contributed by atoms with Crippen molar-refractivity contribution in [3.05, 3.63) is 0 Å². The summed E-state index contributed by atoms with van der Waals surface area (Å²) < 4.78 is 5.38. The third kappa shape index (κ3) is 3.23. The molecule has 114 valence electrons. The summed E-state index contributed by atoms with van der Waals surface area (Å²) in [6.07, 6.45) is 3.22. The zero-order chi connectivity index (χ0) is 14.6. The van der Waals surface area contributed by atoms with Gasteiger partial charge in [0.2, 0.25) is 0 Å². The number of carboxylic acid groups (broad SMARTS) is 1. The molecule has 2 fully saturated rings. The highest BCUT2D eigenvalue weighted by Crippen LogP contribution is 2.34. The highest BCUT2D eigenvalue weighted by Gasteiger charge is 2.44. The molecular formula is C14H24N2O4. The van der Waals surface area contributed by atoms with E-state index < -0.39 is 11.4 Å². The Hall–Kier alpha value is -1.30. The van der Waals surface area contributed by atoms with Crippen LogP contribution in [0.4, 0.5) is 4.79 Å². The number of likely N-dealkylation sites (tertiary alicyclic amines) is 1. The molecule has 2 aliphatic heterocycles. The molecule has 2 saturated heterocycles. The molecule has 2 heterocycles. The van der Waals surface area contributed by atoms with E-state index in [9.17, 15) is 14.7 Å². The monoisotopic (exact) mass is 284 g/mol. The maximum Gasteiger partial charge on any atom is 0.317 e. The number of hydrogen-bond donors (Lipinski definition) is 2. The number of nitrogens with zero attached hydrogens (tertiary/aromatic N) is 1. The molecule has 0 aromatic carbocycles. The first-order valence-electron chi connectivity index (χ1n) is 7.41. The first kappa shape index (κ1) is 15.1. The quantitative estimate of drug-likeness (QED) is 0.816. The molecule has 2 aliphatic rings. The number of carbonyl (C=O) groups excluding carboxylic acids is 1. The summed E-state index contributed by atoms with van der Waals surface area (Å²) in [7, 11) is 0. The Morgan fingerprint density at radius 2 is 2.30 bits per heavy atom. The molecule has 0 radical (unpaired) electrons. The fourth-order valence-electron chi connectivity index (χ4n) is 2.97. The average molecular weight is 284 g/mol. The minimum atomic E-state index is -0.795. The third-order valence-electron chi connectivity index (χ3n) is 4.57. The van der Waals surface area contributed by atoms with Crippen molar-refractivity contribution in [3.8, 4) is 0 Å². The second kappa shape index (κ2) is 6.43. The second-order valence-corrected chi connectivity index (χ2v) is 5.88. The Kier molecular flexibility index (Phi) is 4.86. The lowest BCUT2D eigenvalue weighted by Crippen LogP contribution is -2.43. The number of carboxylic acids is 1. The van der Waals surface area contributed by atoms with Crippen molar-refractivity contribution in [2.45, 2.75) is 32.6 Å². The largest absolute Gasteiger partial charge is 0.481 e. The van der Waals surface area contributed by atoms with Gasteiger partial charge in [-0.3, -0.25) is 4.79 Å². The van der Waals surface area contributed by atoms with Crippen LogP contribution in [0.25, 0.3) is 0 Å². The van der Waals surface area contributed by atoms with Gasteiger partial charge in [0, 0.05) is 26.2 Å². The zero-order valence-electron chi connectivity index (χ0n) is 12.1. The van der Waals surface area contributed by atoms with Crippen LogP contribution in [0.1, 0.15) is 32.6 Å². The van der Waals surface area contributed by atoms with Crippen LogP contribution in [0.15, 0.2) is 0 Å². The lowest BCUT2D eigenvalue weighted by molar-refractivity contribution is -0.148. The van der Waals surface area contributed by atoms with Crippen molar-refractivity contribution in [2.75, 3.05) is 32.8 Å². The van der Waals surface area contributed by atoms with E-state index in [0.29, 0.717) is 45.0 Å². The standard InChI is InChI=1S/C14H24N2O4/c1-2-14(12(17)18)5-6-16(10-14)13(19)15-8-11-4-3-7-20-9-11/h11H,2-10H2,1H3,(H,15,19)(H,17,18). The normalized spacial score (nSPS) is 30.2. The molecule has 6 nitrogen and oxygen atoms in total. The van der Waals surface area contributed by atoms with Gasteiger partial charge in [-0.1, -0.05) is 6.92 Å². The van der Waals surface area contributed by atoms with Gasteiger partial charge in [-0.15, -0.1) is 0 Å². The number of amides is 2. The summed E-state index contributed by atoms with van der Waals surface area (Å²) in [6.45, 7) is 4.83. The molecule has 0 aromatic heterocycles. The Balaban J connectivity index is 1.80. The van der Waals surface area contributed by atoms with Gasteiger partial charge < -0.3 is 20.1 Å². The highest BCUT2D eigenvalue weighted by molar-refractivity contribution is 5.79. The molecule has 0 bridgehead atoms. The molecule has 2 atom stereocenters. The van der Waals surface area contributed by atoms with Crippen LogP contribution in [0.2, 0.25) is 0 Å². The molecule has 20 heavy (non-hydrogen) atoms. The fourth-order valence-corrected chi connectivity index (χ4v) is 2.97. The Bertz CT molecular complexity index is 368. The van der Waals surface area contributed by atoms with Crippen LogP contribution in [0.5, 0.6) is 0 Å². The summed E-state index contributed by atoms with van der Waals surface area (Å²) in [5.41, 5.74) is -0.759. The highest BCUT2D eigenvalue weighted by atomic mass is 16.5. The Morgan fingerprint density at radius 3 is 2.85 bits per heavy atom. The van der Waals surface area contributed by atoms with E-state index in [1.807, 2.05) is 6.92 Å². The van der Waals surface area contributed by atoms with Gasteiger partial charge >= 0.3 is 12.0 Å². The van der Waals surface area contributed by atoms with Crippen LogP contribution in [-0.2, 0) is 9.53 Å². The summed E-state index contributed by atoms with van der Waals surface area (Å²) in [6, 6.07) is -0.146. The van der Waals surface area contributed by atoms with Gasteiger partial charge in [0.05, 0.1) is 12.0 Å². The minimum Gasteiger partial charge on any atom is -0.481 e. The van der Waals surface area contributed by atoms with Crippen molar-refractivity contribution in [3.63, 3.8) is 0 Å². The van der Waals surface area contributed by atoms with Crippen molar-refractivity contribution >= 4 is 12.0 Å². The fraction of sp³-hybridized carbons (Fsp3) is 0.857. The first-order valence-corrected chi connectivity index (χ1v) is 7.41. The van der Waals surface area contributed by atoms with E-state index in [-0.39, 0.29) is 6.03 Å². The first-order chi connectivity index (χ1) is 9.57. The lowest BCUT2D eigenvalue weighted by atomic mass is 9.84. The van der Waals surface area contributed by atoms with E-state index in [4.69, 9.17) is 4.74 Å². The number of hydrogen-bond acceptors (Lipinski definition) is 3. The molecule has 0 aromatic rings. The van der Waals surface area contributed by atoms with Gasteiger partial charge in [-0.05, 0) is 31.6 Å². The maximum atomic E-state index is 12.1. The molecule has 0 saturated carbocycles. The van der Waals surface area contributed by atoms with Crippen LogP contribution in [0, 0.1) is 11.3 Å². The SMILES string of the molecule is CCC1(C(=O)O)CCN(C(=O)NCC2CCCOC2)C1. The molecular weight excluding hydrogens is 260 g/mol. The maximum absolute atomic E-state index is 12.1. The second-order valence-electron chi connectivity index (χ2n) is 5.88. The van der Waals surface area contributed by atoms with Gasteiger partial charge in [-0.25, -0.2) is 4.79 Å². The predicted molar refractivity (Wildman–Crippen MR) is 73.5 cm³/mol. The number of aliphatic carboxylic acids is 1. The van der Waals surface area contributed by atoms with Crippen molar-refractivity contribution in [2.24, 2.45) is 11.3 Å². The summed E-state index contributed by atoms with van der Waals surface area (Å²) >= 11 is 0. The molecule has 2 amide bonds. The van der Waals surface area contributed by atoms with Gasteiger partial charge in [-0.2, -0.15) is 0 Å². The molecule has 6 heteroatoms.